The molecule has 21 heavy (non-hydrogen) atoms. The number of hydrogen-bond donors (Lipinski definition) is 2. The SMILES string of the molecule is CN(Cc1cc(F)cc(C(=N)N)c1)Cc1ccccc1F. The zero-order valence-corrected chi connectivity index (χ0v) is 11.7. The molecule has 0 atom stereocenters. The fraction of sp³-hybridized carbons (Fsp3) is 0.188. The number of benzene rings is 2. The highest BCUT2D eigenvalue weighted by atomic mass is 19.1. The smallest absolute Gasteiger partial charge is 0.127 e. The van der Waals surface area contributed by atoms with E-state index in [1.165, 1.54) is 18.2 Å². The molecular formula is C16H17F2N3. The second kappa shape index (κ2) is 6.45. The van der Waals surface area contributed by atoms with Crippen molar-refractivity contribution in [3.8, 4) is 0 Å². The van der Waals surface area contributed by atoms with Gasteiger partial charge >= 0.3 is 0 Å². The lowest BCUT2D eigenvalue weighted by Gasteiger charge is -2.17. The standard InChI is InChI=1S/C16H17F2N3/c1-21(10-12-4-2-3-5-15(12)18)9-11-6-13(16(19)20)8-14(17)7-11/h2-8H,9-10H2,1H3,(H3,19,20). The van der Waals surface area contributed by atoms with E-state index in [2.05, 4.69) is 0 Å². The first kappa shape index (κ1) is 15.1. The minimum Gasteiger partial charge on any atom is -0.384 e. The number of halogens is 2. The quantitative estimate of drug-likeness (QED) is 0.657. The van der Waals surface area contributed by atoms with E-state index in [0.29, 0.717) is 29.8 Å². The molecule has 0 radical (unpaired) electrons. The van der Waals surface area contributed by atoms with Gasteiger partial charge in [0.15, 0.2) is 0 Å². The molecule has 2 aromatic carbocycles. The highest BCUT2D eigenvalue weighted by molar-refractivity contribution is 5.95. The van der Waals surface area contributed by atoms with Crippen molar-refractivity contribution in [3.63, 3.8) is 0 Å². The monoisotopic (exact) mass is 289 g/mol. The van der Waals surface area contributed by atoms with Gasteiger partial charge in [0.05, 0.1) is 0 Å². The molecule has 2 aromatic rings. The summed E-state index contributed by atoms with van der Waals surface area (Å²) in [6.45, 7) is 0.852. The summed E-state index contributed by atoms with van der Waals surface area (Å²) in [5.74, 6) is -0.863. The number of nitrogens with two attached hydrogens (primary N) is 1. The molecule has 0 aliphatic heterocycles. The Morgan fingerprint density at radius 1 is 1.14 bits per heavy atom. The first-order valence-electron chi connectivity index (χ1n) is 6.51. The summed E-state index contributed by atoms with van der Waals surface area (Å²) in [7, 11) is 1.82. The van der Waals surface area contributed by atoms with E-state index in [0.717, 1.165) is 0 Å². The predicted octanol–water partition coefficient (Wildman–Crippen LogP) is 2.88. The fourth-order valence-corrected chi connectivity index (χ4v) is 2.18. The number of hydrogen-bond acceptors (Lipinski definition) is 2. The molecule has 0 saturated carbocycles. The van der Waals surface area contributed by atoms with Crippen LogP contribution in [0.25, 0.3) is 0 Å². The molecule has 0 amide bonds. The van der Waals surface area contributed by atoms with Gasteiger partial charge in [-0.1, -0.05) is 18.2 Å². The lowest BCUT2D eigenvalue weighted by atomic mass is 10.1. The fourth-order valence-electron chi connectivity index (χ4n) is 2.18. The summed E-state index contributed by atoms with van der Waals surface area (Å²) in [5, 5.41) is 7.37. The normalized spacial score (nSPS) is 10.9. The van der Waals surface area contributed by atoms with Crippen molar-refractivity contribution in [2.45, 2.75) is 13.1 Å². The Hall–Kier alpha value is -2.27. The third kappa shape index (κ3) is 4.10. The van der Waals surface area contributed by atoms with Crippen molar-refractivity contribution in [3.05, 3.63) is 70.8 Å². The molecule has 3 nitrogen and oxygen atoms in total. The molecular weight excluding hydrogens is 272 g/mol. The number of rotatable bonds is 5. The van der Waals surface area contributed by atoms with Gasteiger partial charge in [-0.05, 0) is 36.9 Å². The average Bonchev–Trinajstić information content (AvgIpc) is 2.40. The van der Waals surface area contributed by atoms with Crippen LogP contribution in [0.15, 0.2) is 42.5 Å². The third-order valence-corrected chi connectivity index (χ3v) is 3.12. The molecule has 2 rings (SSSR count). The molecule has 0 aromatic heterocycles. The molecule has 0 heterocycles. The van der Waals surface area contributed by atoms with Crippen LogP contribution in [0.2, 0.25) is 0 Å². The Balaban J connectivity index is 2.11. The van der Waals surface area contributed by atoms with Gasteiger partial charge in [-0.3, -0.25) is 10.3 Å². The van der Waals surface area contributed by atoms with Crippen LogP contribution in [0.4, 0.5) is 8.78 Å². The molecule has 0 spiro atoms. The van der Waals surface area contributed by atoms with E-state index < -0.39 is 5.82 Å². The van der Waals surface area contributed by atoms with Crippen LogP contribution in [-0.4, -0.2) is 17.8 Å². The maximum Gasteiger partial charge on any atom is 0.127 e. The maximum atomic E-state index is 13.6. The van der Waals surface area contributed by atoms with E-state index in [1.54, 1.807) is 24.3 Å². The topological polar surface area (TPSA) is 53.1 Å². The molecule has 0 aliphatic rings. The van der Waals surface area contributed by atoms with E-state index in [9.17, 15) is 8.78 Å². The summed E-state index contributed by atoms with van der Waals surface area (Å²) < 4.78 is 27.1. The zero-order valence-electron chi connectivity index (χ0n) is 11.7. The third-order valence-electron chi connectivity index (χ3n) is 3.12. The Kier molecular flexibility index (Phi) is 4.65. The van der Waals surface area contributed by atoms with Gasteiger partial charge in [0.2, 0.25) is 0 Å². The van der Waals surface area contributed by atoms with Crippen LogP contribution in [-0.2, 0) is 13.1 Å². The molecule has 0 unspecified atom stereocenters. The summed E-state index contributed by atoms with van der Waals surface area (Å²) in [4.78, 5) is 1.87. The number of nitrogen functional groups attached to an aromatic ring is 1. The van der Waals surface area contributed by atoms with Gasteiger partial charge in [0, 0.05) is 24.2 Å². The van der Waals surface area contributed by atoms with E-state index in [-0.39, 0.29) is 11.7 Å². The molecule has 3 N–H and O–H groups in total. The Labute approximate surface area is 122 Å². The average molecular weight is 289 g/mol. The van der Waals surface area contributed by atoms with Crippen molar-refractivity contribution in [2.24, 2.45) is 5.73 Å². The van der Waals surface area contributed by atoms with E-state index in [1.807, 2.05) is 11.9 Å². The van der Waals surface area contributed by atoms with Crippen molar-refractivity contribution in [2.75, 3.05) is 7.05 Å². The van der Waals surface area contributed by atoms with Crippen LogP contribution in [0, 0.1) is 17.0 Å². The van der Waals surface area contributed by atoms with Gasteiger partial charge in [-0.2, -0.15) is 0 Å². The first-order valence-corrected chi connectivity index (χ1v) is 6.51. The lowest BCUT2D eigenvalue weighted by Crippen LogP contribution is -2.19. The summed E-state index contributed by atoms with van der Waals surface area (Å²) >= 11 is 0. The summed E-state index contributed by atoms with van der Waals surface area (Å²) in [6.07, 6.45) is 0. The van der Waals surface area contributed by atoms with Crippen molar-refractivity contribution >= 4 is 5.84 Å². The van der Waals surface area contributed by atoms with Crippen LogP contribution < -0.4 is 5.73 Å². The number of nitrogens with one attached hydrogen (secondary N) is 1. The second-order valence-electron chi connectivity index (χ2n) is 5.03. The maximum absolute atomic E-state index is 13.6. The van der Waals surface area contributed by atoms with Gasteiger partial charge in [-0.25, -0.2) is 8.78 Å². The van der Waals surface area contributed by atoms with Crippen molar-refractivity contribution < 1.29 is 8.78 Å². The van der Waals surface area contributed by atoms with E-state index in [4.69, 9.17) is 11.1 Å². The van der Waals surface area contributed by atoms with Crippen LogP contribution in [0.3, 0.4) is 0 Å². The Morgan fingerprint density at radius 2 is 1.86 bits per heavy atom. The minimum atomic E-state index is -0.433. The molecule has 0 fully saturated rings. The van der Waals surface area contributed by atoms with Crippen molar-refractivity contribution in [1.82, 2.24) is 4.90 Å². The van der Waals surface area contributed by atoms with Crippen LogP contribution in [0.1, 0.15) is 16.7 Å². The highest BCUT2D eigenvalue weighted by Crippen LogP contribution is 2.14. The molecule has 0 aliphatic carbocycles. The molecule has 0 bridgehead atoms. The van der Waals surface area contributed by atoms with Gasteiger partial charge < -0.3 is 5.73 Å². The molecule has 0 saturated heterocycles. The largest absolute Gasteiger partial charge is 0.384 e. The van der Waals surface area contributed by atoms with Crippen LogP contribution in [0.5, 0.6) is 0 Å². The number of nitrogens with zero attached hydrogens (tertiary/aromatic N) is 1. The summed E-state index contributed by atoms with van der Waals surface area (Å²) in [5.41, 5.74) is 7.01. The first-order chi connectivity index (χ1) is 9.95. The molecule has 110 valence electrons. The second-order valence-corrected chi connectivity index (χ2v) is 5.03. The van der Waals surface area contributed by atoms with Gasteiger partial charge in [0.1, 0.15) is 17.5 Å². The van der Waals surface area contributed by atoms with Gasteiger partial charge in [-0.15, -0.1) is 0 Å². The van der Waals surface area contributed by atoms with Crippen molar-refractivity contribution in [1.29, 1.82) is 5.41 Å². The highest BCUT2D eigenvalue weighted by Gasteiger charge is 2.08. The Morgan fingerprint density at radius 3 is 2.52 bits per heavy atom. The predicted molar refractivity (Wildman–Crippen MR) is 79.0 cm³/mol. The minimum absolute atomic E-state index is 0.174. The summed E-state index contributed by atoms with van der Waals surface area (Å²) in [6, 6.07) is 10.8. The van der Waals surface area contributed by atoms with Gasteiger partial charge in [0.25, 0.3) is 0 Å². The Bertz CT molecular complexity index is 656. The lowest BCUT2D eigenvalue weighted by molar-refractivity contribution is 0.313. The molecule has 5 heteroatoms. The van der Waals surface area contributed by atoms with Crippen LogP contribution >= 0.6 is 0 Å². The zero-order chi connectivity index (χ0) is 15.4. The van der Waals surface area contributed by atoms with E-state index >= 15 is 0 Å². The number of amidine groups is 1.